The molecule has 4 nitrogen and oxygen atoms in total. The van der Waals surface area contributed by atoms with Gasteiger partial charge in [0.1, 0.15) is 5.75 Å². The number of rotatable bonds is 5. The van der Waals surface area contributed by atoms with Gasteiger partial charge in [-0.05, 0) is 62.4 Å². The summed E-state index contributed by atoms with van der Waals surface area (Å²) in [6, 6.07) is 13.5. The van der Waals surface area contributed by atoms with Crippen molar-refractivity contribution in [1.29, 1.82) is 0 Å². The third-order valence-corrected chi connectivity index (χ3v) is 3.31. The smallest absolute Gasteiger partial charge is 0.265 e. The van der Waals surface area contributed by atoms with E-state index in [1.165, 1.54) is 6.92 Å². The summed E-state index contributed by atoms with van der Waals surface area (Å²) in [5.41, 5.74) is 1.21. The van der Waals surface area contributed by atoms with Gasteiger partial charge in [-0.2, -0.15) is 0 Å². The Balaban J connectivity index is 1.95. The maximum atomic E-state index is 12.1. The second-order valence-electron chi connectivity index (χ2n) is 4.84. The summed E-state index contributed by atoms with van der Waals surface area (Å²) < 4.78 is 5.54. The van der Waals surface area contributed by atoms with Gasteiger partial charge in [-0.25, -0.2) is 0 Å². The lowest BCUT2D eigenvalue weighted by Crippen LogP contribution is -2.30. The van der Waals surface area contributed by atoms with Crippen molar-refractivity contribution in [2.24, 2.45) is 0 Å². The van der Waals surface area contributed by atoms with E-state index in [-0.39, 0.29) is 11.7 Å². The number of hydrogen-bond acceptors (Lipinski definition) is 3. The zero-order chi connectivity index (χ0) is 16.1. The number of carbonyl (C=O) groups is 2. The Hall–Kier alpha value is -2.33. The molecule has 114 valence electrons. The predicted octanol–water partition coefficient (Wildman–Crippen LogP) is 3.95. The topological polar surface area (TPSA) is 55.4 Å². The molecule has 0 heterocycles. The predicted molar refractivity (Wildman–Crippen MR) is 86.6 cm³/mol. The van der Waals surface area contributed by atoms with Gasteiger partial charge >= 0.3 is 0 Å². The molecule has 0 saturated heterocycles. The minimum Gasteiger partial charge on any atom is -0.481 e. The van der Waals surface area contributed by atoms with Gasteiger partial charge in [-0.1, -0.05) is 11.6 Å². The molecule has 1 N–H and O–H groups in total. The highest BCUT2D eigenvalue weighted by Crippen LogP contribution is 2.17. The van der Waals surface area contributed by atoms with Gasteiger partial charge in [0.15, 0.2) is 11.9 Å². The van der Waals surface area contributed by atoms with Crippen LogP contribution in [0.4, 0.5) is 5.69 Å². The molecule has 2 rings (SSSR count). The lowest BCUT2D eigenvalue weighted by molar-refractivity contribution is -0.122. The fourth-order valence-electron chi connectivity index (χ4n) is 1.80. The molecule has 1 atom stereocenters. The van der Waals surface area contributed by atoms with Crippen molar-refractivity contribution in [2.45, 2.75) is 20.0 Å². The third kappa shape index (κ3) is 4.33. The standard InChI is InChI=1S/C17H16ClNO3/c1-11(20)13-3-7-15(8-4-13)19-17(21)12(2)22-16-9-5-14(18)6-10-16/h3-10,12H,1-2H3,(H,19,21)/t12-/m0/s1. The molecule has 0 saturated carbocycles. The number of amides is 1. The van der Waals surface area contributed by atoms with Gasteiger partial charge in [0, 0.05) is 16.3 Å². The average Bonchev–Trinajstić information content (AvgIpc) is 2.50. The molecule has 0 radical (unpaired) electrons. The molecule has 2 aromatic carbocycles. The molecule has 0 aromatic heterocycles. The van der Waals surface area contributed by atoms with Crippen LogP contribution in [0.1, 0.15) is 24.2 Å². The number of ether oxygens (including phenoxy) is 1. The van der Waals surface area contributed by atoms with Crippen LogP contribution in [0.5, 0.6) is 5.75 Å². The van der Waals surface area contributed by atoms with E-state index < -0.39 is 6.10 Å². The van der Waals surface area contributed by atoms with E-state index in [9.17, 15) is 9.59 Å². The van der Waals surface area contributed by atoms with Crippen LogP contribution in [-0.2, 0) is 4.79 Å². The van der Waals surface area contributed by atoms with Gasteiger partial charge in [0.2, 0.25) is 0 Å². The number of halogens is 1. The molecule has 2 aromatic rings. The first kappa shape index (κ1) is 16.0. The number of carbonyl (C=O) groups excluding carboxylic acids is 2. The Morgan fingerprint density at radius 1 is 1.05 bits per heavy atom. The lowest BCUT2D eigenvalue weighted by Gasteiger charge is -2.15. The molecule has 1 amide bonds. The number of Topliss-reactive ketones (excluding diaryl/α,β-unsaturated/α-hetero) is 1. The minimum atomic E-state index is -0.659. The highest BCUT2D eigenvalue weighted by Gasteiger charge is 2.15. The molecule has 0 aliphatic rings. The molecule has 0 bridgehead atoms. The van der Waals surface area contributed by atoms with E-state index >= 15 is 0 Å². The maximum Gasteiger partial charge on any atom is 0.265 e. The Morgan fingerprint density at radius 2 is 1.64 bits per heavy atom. The van der Waals surface area contributed by atoms with Crippen LogP contribution in [0.15, 0.2) is 48.5 Å². The molecule has 22 heavy (non-hydrogen) atoms. The number of ketones is 1. The van der Waals surface area contributed by atoms with E-state index in [0.29, 0.717) is 22.0 Å². The van der Waals surface area contributed by atoms with Crippen LogP contribution >= 0.6 is 11.6 Å². The van der Waals surface area contributed by atoms with Crippen molar-refractivity contribution < 1.29 is 14.3 Å². The molecular weight excluding hydrogens is 302 g/mol. The van der Waals surface area contributed by atoms with Crippen molar-refractivity contribution in [3.05, 3.63) is 59.1 Å². The molecule has 5 heteroatoms. The van der Waals surface area contributed by atoms with Gasteiger partial charge in [0.25, 0.3) is 5.91 Å². The van der Waals surface area contributed by atoms with Crippen molar-refractivity contribution in [1.82, 2.24) is 0 Å². The van der Waals surface area contributed by atoms with Crippen molar-refractivity contribution in [2.75, 3.05) is 5.32 Å². The Morgan fingerprint density at radius 3 is 2.18 bits per heavy atom. The van der Waals surface area contributed by atoms with E-state index in [0.717, 1.165) is 0 Å². The summed E-state index contributed by atoms with van der Waals surface area (Å²) in [7, 11) is 0. The summed E-state index contributed by atoms with van der Waals surface area (Å²) >= 11 is 5.79. The van der Waals surface area contributed by atoms with E-state index in [1.807, 2.05) is 0 Å². The van der Waals surface area contributed by atoms with Gasteiger partial charge in [0.05, 0.1) is 0 Å². The zero-order valence-corrected chi connectivity index (χ0v) is 13.1. The van der Waals surface area contributed by atoms with Crippen LogP contribution in [0.2, 0.25) is 5.02 Å². The summed E-state index contributed by atoms with van der Waals surface area (Å²) in [5.74, 6) is 0.279. The summed E-state index contributed by atoms with van der Waals surface area (Å²) in [5, 5.41) is 3.34. The molecule has 0 fully saturated rings. The molecule has 0 unspecified atom stereocenters. The van der Waals surface area contributed by atoms with Crippen LogP contribution < -0.4 is 10.1 Å². The van der Waals surface area contributed by atoms with Gasteiger partial charge in [-0.15, -0.1) is 0 Å². The molecular formula is C17H16ClNO3. The number of anilines is 1. The van der Waals surface area contributed by atoms with Gasteiger partial charge in [-0.3, -0.25) is 9.59 Å². The highest BCUT2D eigenvalue weighted by molar-refractivity contribution is 6.30. The Kier molecular flexibility index (Phi) is 5.17. The fraction of sp³-hybridized carbons (Fsp3) is 0.176. The third-order valence-electron chi connectivity index (χ3n) is 3.05. The first-order chi connectivity index (χ1) is 10.5. The Labute approximate surface area is 134 Å². The van der Waals surface area contributed by atoms with Crippen LogP contribution in [0.3, 0.4) is 0 Å². The minimum absolute atomic E-state index is 0.0164. The molecule has 0 spiro atoms. The average molecular weight is 318 g/mol. The van der Waals surface area contributed by atoms with Gasteiger partial charge < -0.3 is 10.1 Å². The van der Waals surface area contributed by atoms with E-state index in [2.05, 4.69) is 5.32 Å². The first-order valence-electron chi connectivity index (χ1n) is 6.80. The van der Waals surface area contributed by atoms with Crippen LogP contribution in [-0.4, -0.2) is 17.8 Å². The number of hydrogen-bond donors (Lipinski definition) is 1. The Bertz CT molecular complexity index is 665. The quantitative estimate of drug-likeness (QED) is 0.850. The SMILES string of the molecule is CC(=O)c1ccc(NC(=O)[C@H](C)Oc2ccc(Cl)cc2)cc1. The number of nitrogens with one attached hydrogen (secondary N) is 1. The zero-order valence-electron chi connectivity index (χ0n) is 12.3. The largest absolute Gasteiger partial charge is 0.481 e. The van der Waals surface area contributed by atoms with Crippen molar-refractivity contribution >= 4 is 29.0 Å². The first-order valence-corrected chi connectivity index (χ1v) is 7.17. The summed E-state index contributed by atoms with van der Waals surface area (Å²) in [4.78, 5) is 23.3. The van der Waals surface area contributed by atoms with E-state index in [4.69, 9.17) is 16.3 Å². The highest BCUT2D eigenvalue weighted by atomic mass is 35.5. The van der Waals surface area contributed by atoms with E-state index in [1.54, 1.807) is 55.5 Å². The lowest BCUT2D eigenvalue weighted by atomic mass is 10.1. The molecule has 0 aliphatic carbocycles. The van der Waals surface area contributed by atoms with Crippen LogP contribution in [0, 0.1) is 0 Å². The van der Waals surface area contributed by atoms with Crippen molar-refractivity contribution in [3.8, 4) is 5.75 Å². The fourth-order valence-corrected chi connectivity index (χ4v) is 1.93. The maximum absolute atomic E-state index is 12.1. The summed E-state index contributed by atoms with van der Waals surface area (Å²) in [6.45, 7) is 3.16. The van der Waals surface area contributed by atoms with Crippen LogP contribution in [0.25, 0.3) is 0 Å². The summed E-state index contributed by atoms with van der Waals surface area (Å²) in [6.07, 6.45) is -0.659. The monoisotopic (exact) mass is 317 g/mol. The number of benzene rings is 2. The van der Waals surface area contributed by atoms with Crippen molar-refractivity contribution in [3.63, 3.8) is 0 Å². The molecule has 0 aliphatic heterocycles. The second-order valence-corrected chi connectivity index (χ2v) is 5.27. The normalized spacial score (nSPS) is 11.6. The second kappa shape index (κ2) is 7.09.